The Labute approximate surface area is 243 Å². The number of hydrogen-bond acceptors (Lipinski definition) is 7. The number of ether oxygens (including phenoxy) is 1. The van der Waals surface area contributed by atoms with E-state index in [9.17, 15) is 18.4 Å². The van der Waals surface area contributed by atoms with Crippen LogP contribution >= 0.6 is 11.3 Å². The quantitative estimate of drug-likeness (QED) is 0.203. The third-order valence-corrected chi connectivity index (χ3v) is 8.36. The van der Waals surface area contributed by atoms with Crippen LogP contribution in [0.25, 0.3) is 21.3 Å². The van der Waals surface area contributed by atoms with Gasteiger partial charge in [-0.05, 0) is 80.1 Å². The van der Waals surface area contributed by atoms with Crippen molar-refractivity contribution >= 4 is 39.1 Å². The summed E-state index contributed by atoms with van der Waals surface area (Å²) in [5.74, 6) is -0.352. The zero-order valence-corrected chi connectivity index (χ0v) is 23.7. The Morgan fingerprint density at radius 1 is 1.17 bits per heavy atom. The number of benzene rings is 1. The molecule has 12 heteroatoms. The molecule has 0 fully saturated rings. The molecule has 1 aromatic carbocycles. The highest BCUT2D eigenvalue weighted by molar-refractivity contribution is 7.21. The van der Waals surface area contributed by atoms with Crippen LogP contribution in [0.4, 0.5) is 14.5 Å². The molecule has 6 rings (SSSR count). The van der Waals surface area contributed by atoms with Crippen LogP contribution in [0.2, 0.25) is 0 Å². The number of aromatic nitrogens is 3. The zero-order valence-electron chi connectivity index (χ0n) is 22.9. The van der Waals surface area contributed by atoms with Crippen LogP contribution in [0.5, 0.6) is 5.75 Å². The molecule has 5 aromatic rings. The molecule has 0 aliphatic heterocycles. The summed E-state index contributed by atoms with van der Waals surface area (Å²) in [5.41, 5.74) is 9.41. The van der Waals surface area contributed by atoms with E-state index in [4.69, 9.17) is 14.9 Å². The molecule has 0 saturated carbocycles. The molecule has 0 radical (unpaired) electrons. The van der Waals surface area contributed by atoms with E-state index in [2.05, 4.69) is 21.5 Å². The van der Waals surface area contributed by atoms with Crippen molar-refractivity contribution in [1.29, 1.82) is 0 Å². The molecule has 3 N–H and O–H groups in total. The summed E-state index contributed by atoms with van der Waals surface area (Å²) in [6.07, 6.45) is 2.12. The third-order valence-electron chi connectivity index (χ3n) is 7.26. The maximum atomic E-state index is 13.8. The minimum absolute atomic E-state index is 0.0222. The summed E-state index contributed by atoms with van der Waals surface area (Å²) in [7, 11) is 0. The number of halogens is 2. The van der Waals surface area contributed by atoms with Crippen LogP contribution in [0.15, 0.2) is 47.0 Å². The first kappa shape index (κ1) is 27.6. The molecule has 42 heavy (non-hydrogen) atoms. The van der Waals surface area contributed by atoms with Crippen molar-refractivity contribution in [3.63, 3.8) is 0 Å². The second-order valence-corrected chi connectivity index (χ2v) is 11.0. The minimum atomic E-state index is -2.85. The van der Waals surface area contributed by atoms with Crippen molar-refractivity contribution in [3.05, 3.63) is 81.5 Å². The van der Waals surface area contributed by atoms with Gasteiger partial charge in [-0.2, -0.15) is 5.10 Å². The molecule has 216 valence electrons. The number of pyridine rings is 1. The van der Waals surface area contributed by atoms with Gasteiger partial charge < -0.3 is 20.2 Å². The lowest BCUT2D eigenvalue weighted by Gasteiger charge is -2.10. The first-order valence-electron chi connectivity index (χ1n) is 13.5. The number of carbonyl (C=O) groups is 2. The second kappa shape index (κ2) is 11.0. The smallest absolute Gasteiger partial charge is 0.291 e. The molecule has 2 amide bonds. The summed E-state index contributed by atoms with van der Waals surface area (Å²) in [5, 5.41) is 7.48. The van der Waals surface area contributed by atoms with Gasteiger partial charge >= 0.3 is 0 Å². The highest BCUT2D eigenvalue weighted by Crippen LogP contribution is 2.43. The van der Waals surface area contributed by atoms with Crippen LogP contribution in [-0.4, -0.2) is 26.6 Å². The van der Waals surface area contributed by atoms with Gasteiger partial charge in [0.15, 0.2) is 5.76 Å². The number of carbonyl (C=O) groups excluding carboxylic acids is 2. The molecular formula is C30H27F2N5O4S. The normalized spacial score (nSPS) is 12.7. The van der Waals surface area contributed by atoms with Gasteiger partial charge in [0.2, 0.25) is 0 Å². The maximum Gasteiger partial charge on any atom is 0.291 e. The van der Waals surface area contributed by atoms with Crippen molar-refractivity contribution in [2.45, 2.75) is 52.7 Å². The summed E-state index contributed by atoms with van der Waals surface area (Å²) in [6, 6.07) is 10.4. The molecule has 1 aliphatic rings. The molecule has 9 nitrogen and oxygen atoms in total. The monoisotopic (exact) mass is 591 g/mol. The lowest BCUT2D eigenvalue weighted by atomic mass is 10.0. The summed E-state index contributed by atoms with van der Waals surface area (Å²) >= 11 is 0.836. The van der Waals surface area contributed by atoms with E-state index in [1.165, 1.54) is 23.3 Å². The van der Waals surface area contributed by atoms with E-state index >= 15 is 0 Å². The molecule has 0 spiro atoms. The van der Waals surface area contributed by atoms with Crippen LogP contribution in [0.3, 0.4) is 0 Å². The number of rotatable bonds is 9. The Morgan fingerprint density at radius 3 is 2.71 bits per heavy atom. The zero-order chi connectivity index (χ0) is 29.5. The second-order valence-electron chi connectivity index (χ2n) is 10.0. The third kappa shape index (κ3) is 5.13. The number of alkyl halides is 2. The van der Waals surface area contributed by atoms with Gasteiger partial charge in [-0.3, -0.25) is 14.3 Å². The number of nitrogens with two attached hydrogens (primary N) is 1. The highest BCUT2D eigenvalue weighted by Gasteiger charge is 2.27. The number of anilines is 1. The van der Waals surface area contributed by atoms with Gasteiger partial charge in [0, 0.05) is 23.7 Å². The number of furan rings is 1. The van der Waals surface area contributed by atoms with Gasteiger partial charge in [-0.1, -0.05) is 6.07 Å². The van der Waals surface area contributed by atoms with Crippen LogP contribution < -0.4 is 15.8 Å². The largest absolute Gasteiger partial charge is 0.486 e. The highest BCUT2D eigenvalue weighted by atomic mass is 32.1. The number of primary amides is 1. The fourth-order valence-electron chi connectivity index (χ4n) is 5.22. The molecule has 0 atom stereocenters. The molecule has 1 aliphatic carbocycles. The van der Waals surface area contributed by atoms with Gasteiger partial charge in [0.1, 0.15) is 33.5 Å². The molecule has 0 unspecified atom stereocenters. The van der Waals surface area contributed by atoms with Gasteiger partial charge in [0.05, 0.1) is 11.4 Å². The topological polar surface area (TPSA) is 125 Å². The van der Waals surface area contributed by atoms with E-state index in [1.54, 1.807) is 23.9 Å². The Morgan fingerprint density at radius 2 is 1.98 bits per heavy atom. The first-order chi connectivity index (χ1) is 20.2. The Kier molecular flexibility index (Phi) is 7.23. The van der Waals surface area contributed by atoms with E-state index in [0.29, 0.717) is 34.5 Å². The van der Waals surface area contributed by atoms with Crippen LogP contribution in [0, 0.1) is 6.92 Å². The standard InChI is InChI=1S/C30H27F2N5O4S/c1-3-37-13-21(15(2)36-37)20-12-22(27(31)32)34-30-24(20)25(26(42-30)28(33)38)35-29(39)23-10-9-19(41-23)14-40-18-8-7-16-5-4-6-17(16)11-18/h7-13,27H,3-6,14H2,1-2H3,(H2,33,38)(H,35,39). The van der Waals surface area contributed by atoms with Crippen LogP contribution in [0.1, 0.15) is 68.3 Å². The van der Waals surface area contributed by atoms with Crippen molar-refractivity contribution in [2.75, 3.05) is 5.32 Å². The van der Waals surface area contributed by atoms with E-state index in [-0.39, 0.29) is 27.8 Å². The molecule has 0 saturated heterocycles. The summed E-state index contributed by atoms with van der Waals surface area (Å²) in [4.78, 5) is 30.0. The fourth-order valence-corrected chi connectivity index (χ4v) is 6.24. The van der Waals surface area contributed by atoms with Gasteiger partial charge in [-0.15, -0.1) is 11.3 Å². The molecule has 4 aromatic heterocycles. The lowest BCUT2D eigenvalue weighted by Crippen LogP contribution is -2.16. The molecule has 0 bridgehead atoms. The van der Waals surface area contributed by atoms with Crippen LogP contribution in [-0.2, 0) is 26.0 Å². The van der Waals surface area contributed by atoms with Crippen molar-refractivity contribution < 1.29 is 27.5 Å². The van der Waals surface area contributed by atoms with E-state index in [0.717, 1.165) is 36.3 Å². The Balaban J connectivity index is 1.32. The average molecular weight is 592 g/mol. The predicted molar refractivity (Wildman–Crippen MR) is 154 cm³/mol. The number of thiophene rings is 1. The Bertz CT molecular complexity index is 1840. The molecule has 4 heterocycles. The number of amides is 2. The van der Waals surface area contributed by atoms with Gasteiger partial charge in [0.25, 0.3) is 18.2 Å². The van der Waals surface area contributed by atoms with Gasteiger partial charge in [-0.25, -0.2) is 13.8 Å². The lowest BCUT2D eigenvalue weighted by molar-refractivity contribution is 0.0992. The van der Waals surface area contributed by atoms with Crippen molar-refractivity contribution in [3.8, 4) is 16.9 Å². The number of aryl methyl sites for hydroxylation is 4. The summed E-state index contributed by atoms with van der Waals surface area (Å²) < 4.78 is 41.0. The number of nitrogens with zero attached hydrogens (tertiary/aromatic N) is 3. The maximum absolute atomic E-state index is 13.8. The Hall–Kier alpha value is -4.58. The summed E-state index contributed by atoms with van der Waals surface area (Å²) in [6.45, 7) is 4.34. The minimum Gasteiger partial charge on any atom is -0.486 e. The molecular weight excluding hydrogens is 564 g/mol. The predicted octanol–water partition coefficient (Wildman–Crippen LogP) is 6.44. The van der Waals surface area contributed by atoms with Crippen molar-refractivity contribution in [2.24, 2.45) is 5.73 Å². The fraction of sp³-hybridized carbons (Fsp3) is 0.267. The van der Waals surface area contributed by atoms with E-state index < -0.39 is 23.9 Å². The van der Waals surface area contributed by atoms with E-state index in [1.807, 2.05) is 19.1 Å². The van der Waals surface area contributed by atoms with Crippen molar-refractivity contribution in [1.82, 2.24) is 14.8 Å². The average Bonchev–Trinajstić information content (AvgIpc) is 3.76. The number of hydrogen-bond donors (Lipinski definition) is 2. The number of nitrogens with one attached hydrogen (secondary N) is 1. The first-order valence-corrected chi connectivity index (χ1v) is 14.3. The number of fused-ring (bicyclic) bond motifs is 2. The SMILES string of the molecule is CCn1cc(-c2cc(C(F)F)nc3sc(C(N)=O)c(NC(=O)c4ccc(COc5ccc6c(c5)CCC6)o4)c23)c(C)n1.